The van der Waals surface area contributed by atoms with Gasteiger partial charge in [-0.3, -0.25) is 5.41 Å². The number of halogens is 1. The Hall–Kier alpha value is -2.50. The number of ether oxygens (including phenoxy) is 1. The van der Waals surface area contributed by atoms with Crippen LogP contribution >= 0.6 is 0 Å². The first-order valence-corrected chi connectivity index (χ1v) is 5.19. The summed E-state index contributed by atoms with van der Waals surface area (Å²) in [5.41, 5.74) is 5.57. The van der Waals surface area contributed by atoms with Gasteiger partial charge in [0, 0.05) is 18.0 Å². The van der Waals surface area contributed by atoms with Gasteiger partial charge in [-0.15, -0.1) is 0 Å². The Morgan fingerprint density at radius 2 is 2.06 bits per heavy atom. The molecule has 1 aromatic heterocycles. The van der Waals surface area contributed by atoms with Gasteiger partial charge >= 0.3 is 0 Å². The Morgan fingerprint density at radius 3 is 2.67 bits per heavy atom. The second kappa shape index (κ2) is 5.22. The van der Waals surface area contributed by atoms with Crippen LogP contribution in [-0.2, 0) is 6.61 Å². The first-order valence-electron chi connectivity index (χ1n) is 5.19. The van der Waals surface area contributed by atoms with E-state index >= 15 is 0 Å². The lowest BCUT2D eigenvalue weighted by Crippen LogP contribution is -2.11. The molecule has 0 bridgehead atoms. The van der Waals surface area contributed by atoms with E-state index in [1.54, 1.807) is 18.5 Å². The van der Waals surface area contributed by atoms with Crippen molar-refractivity contribution in [3.8, 4) is 5.75 Å². The van der Waals surface area contributed by atoms with Gasteiger partial charge in [-0.25, -0.2) is 14.4 Å². The lowest BCUT2D eigenvalue weighted by Gasteiger charge is -2.07. The van der Waals surface area contributed by atoms with E-state index in [-0.39, 0.29) is 18.2 Å². The number of benzene rings is 1. The molecule has 1 heterocycles. The van der Waals surface area contributed by atoms with Crippen molar-refractivity contribution in [1.82, 2.24) is 9.97 Å². The number of hydrogen-bond acceptors (Lipinski definition) is 4. The molecule has 0 radical (unpaired) electrons. The van der Waals surface area contributed by atoms with Crippen LogP contribution in [0.3, 0.4) is 0 Å². The Kier molecular flexibility index (Phi) is 3.47. The third-order valence-electron chi connectivity index (χ3n) is 2.22. The standard InChI is InChI=1S/C12H11FN4O/c13-9-6-8(12(14)15)2-3-10(9)18-7-11-16-4-1-5-17-11/h1-6H,7H2,(H3,14,15). The van der Waals surface area contributed by atoms with Crippen LogP contribution in [0.4, 0.5) is 4.39 Å². The minimum absolute atomic E-state index is 0.0763. The highest BCUT2D eigenvalue weighted by atomic mass is 19.1. The Balaban J connectivity index is 2.08. The van der Waals surface area contributed by atoms with E-state index < -0.39 is 5.82 Å². The van der Waals surface area contributed by atoms with Crippen LogP contribution in [0.2, 0.25) is 0 Å². The molecule has 3 N–H and O–H groups in total. The van der Waals surface area contributed by atoms with Crippen molar-refractivity contribution in [2.24, 2.45) is 5.73 Å². The largest absolute Gasteiger partial charge is 0.483 e. The van der Waals surface area contributed by atoms with Gasteiger partial charge in [0.2, 0.25) is 0 Å². The molecule has 0 aliphatic heterocycles. The Bertz CT molecular complexity index is 559. The van der Waals surface area contributed by atoms with Crippen LogP contribution in [0, 0.1) is 11.2 Å². The van der Waals surface area contributed by atoms with Gasteiger partial charge in [0.05, 0.1) is 0 Å². The molecule has 2 rings (SSSR count). The molecule has 0 fully saturated rings. The van der Waals surface area contributed by atoms with Crippen LogP contribution in [0.25, 0.3) is 0 Å². The minimum Gasteiger partial charge on any atom is -0.483 e. The second-order valence-corrected chi connectivity index (χ2v) is 3.51. The van der Waals surface area contributed by atoms with Crippen LogP contribution in [0.5, 0.6) is 5.75 Å². The number of nitrogens with one attached hydrogen (secondary N) is 1. The number of amidine groups is 1. The number of nitrogens with zero attached hydrogens (tertiary/aromatic N) is 2. The summed E-state index contributed by atoms with van der Waals surface area (Å²) in [6, 6.07) is 5.79. The van der Waals surface area contributed by atoms with Crippen LogP contribution in [0.1, 0.15) is 11.4 Å². The highest BCUT2D eigenvalue weighted by molar-refractivity contribution is 5.95. The van der Waals surface area contributed by atoms with Crippen molar-refractivity contribution >= 4 is 5.84 Å². The highest BCUT2D eigenvalue weighted by Crippen LogP contribution is 2.18. The van der Waals surface area contributed by atoms with E-state index in [1.807, 2.05) is 0 Å². The molecule has 0 amide bonds. The smallest absolute Gasteiger partial charge is 0.166 e. The molecule has 18 heavy (non-hydrogen) atoms. The molecule has 0 saturated carbocycles. The summed E-state index contributed by atoms with van der Waals surface area (Å²) >= 11 is 0. The van der Waals surface area contributed by atoms with Crippen LogP contribution in [-0.4, -0.2) is 15.8 Å². The van der Waals surface area contributed by atoms with Crippen molar-refractivity contribution in [3.63, 3.8) is 0 Å². The summed E-state index contributed by atoms with van der Waals surface area (Å²) in [7, 11) is 0. The maximum Gasteiger partial charge on any atom is 0.166 e. The number of hydrogen-bond donors (Lipinski definition) is 2. The van der Waals surface area contributed by atoms with Gasteiger partial charge < -0.3 is 10.5 Å². The first-order chi connectivity index (χ1) is 8.66. The van der Waals surface area contributed by atoms with E-state index in [2.05, 4.69) is 9.97 Å². The van der Waals surface area contributed by atoms with Crippen molar-refractivity contribution in [2.45, 2.75) is 6.61 Å². The highest BCUT2D eigenvalue weighted by Gasteiger charge is 2.07. The summed E-state index contributed by atoms with van der Waals surface area (Å²) < 4.78 is 18.8. The molecule has 1 aromatic carbocycles. The molecule has 2 aromatic rings. The molecule has 0 atom stereocenters. The molecule has 0 aliphatic carbocycles. The third-order valence-corrected chi connectivity index (χ3v) is 2.22. The number of nitrogen functional groups attached to an aromatic ring is 1. The van der Waals surface area contributed by atoms with E-state index in [0.717, 1.165) is 6.07 Å². The zero-order valence-corrected chi connectivity index (χ0v) is 9.43. The molecule has 0 spiro atoms. The summed E-state index contributed by atoms with van der Waals surface area (Å²) in [5.74, 6) is -0.217. The molecule has 92 valence electrons. The number of aromatic nitrogens is 2. The zero-order valence-electron chi connectivity index (χ0n) is 9.43. The maximum absolute atomic E-state index is 13.6. The Morgan fingerprint density at radius 1 is 1.33 bits per heavy atom. The minimum atomic E-state index is -0.571. The van der Waals surface area contributed by atoms with E-state index in [0.29, 0.717) is 11.4 Å². The van der Waals surface area contributed by atoms with Crippen molar-refractivity contribution < 1.29 is 9.13 Å². The quantitative estimate of drug-likeness (QED) is 0.632. The topological polar surface area (TPSA) is 84.9 Å². The predicted octanol–water partition coefficient (Wildman–Crippen LogP) is 1.48. The van der Waals surface area contributed by atoms with Crippen molar-refractivity contribution in [1.29, 1.82) is 5.41 Å². The SMILES string of the molecule is N=C(N)c1ccc(OCc2ncccn2)c(F)c1. The van der Waals surface area contributed by atoms with Gasteiger partial charge in [-0.1, -0.05) is 0 Å². The summed E-state index contributed by atoms with van der Waals surface area (Å²) in [6.07, 6.45) is 3.17. The fourth-order valence-electron chi connectivity index (χ4n) is 1.33. The van der Waals surface area contributed by atoms with Crippen molar-refractivity contribution in [2.75, 3.05) is 0 Å². The number of rotatable bonds is 4. The van der Waals surface area contributed by atoms with E-state index in [9.17, 15) is 4.39 Å². The summed E-state index contributed by atoms with van der Waals surface area (Å²) in [4.78, 5) is 7.91. The van der Waals surface area contributed by atoms with Gasteiger partial charge in [-0.2, -0.15) is 0 Å². The van der Waals surface area contributed by atoms with Crippen molar-refractivity contribution in [3.05, 3.63) is 53.9 Å². The lowest BCUT2D eigenvalue weighted by atomic mass is 10.2. The summed E-state index contributed by atoms with van der Waals surface area (Å²) in [6.45, 7) is 0.0805. The van der Waals surface area contributed by atoms with Crippen LogP contribution in [0.15, 0.2) is 36.7 Å². The molecule has 5 nitrogen and oxygen atoms in total. The van der Waals surface area contributed by atoms with Gasteiger partial charge in [0.1, 0.15) is 12.4 Å². The third kappa shape index (κ3) is 2.79. The van der Waals surface area contributed by atoms with Gasteiger partial charge in [-0.05, 0) is 24.3 Å². The van der Waals surface area contributed by atoms with E-state index in [1.165, 1.54) is 12.1 Å². The molecular formula is C12H11FN4O. The molecular weight excluding hydrogens is 235 g/mol. The average Bonchev–Trinajstić information content (AvgIpc) is 2.38. The normalized spacial score (nSPS) is 10.1. The fourth-order valence-corrected chi connectivity index (χ4v) is 1.33. The maximum atomic E-state index is 13.6. The Labute approximate surface area is 103 Å². The van der Waals surface area contributed by atoms with Gasteiger partial charge in [0.15, 0.2) is 17.4 Å². The summed E-state index contributed by atoms with van der Waals surface area (Å²) in [5, 5.41) is 7.19. The second-order valence-electron chi connectivity index (χ2n) is 3.51. The van der Waals surface area contributed by atoms with Gasteiger partial charge in [0.25, 0.3) is 0 Å². The van der Waals surface area contributed by atoms with E-state index in [4.69, 9.17) is 15.9 Å². The molecule has 0 saturated heterocycles. The van der Waals surface area contributed by atoms with Crippen LogP contribution < -0.4 is 10.5 Å². The lowest BCUT2D eigenvalue weighted by molar-refractivity contribution is 0.281. The monoisotopic (exact) mass is 246 g/mol. The first kappa shape index (κ1) is 12.0. The zero-order chi connectivity index (χ0) is 13.0. The predicted molar refractivity (Wildman–Crippen MR) is 63.8 cm³/mol. The average molecular weight is 246 g/mol. The number of nitrogens with two attached hydrogens (primary N) is 1. The molecule has 0 unspecified atom stereocenters. The molecule has 0 aliphatic rings. The molecule has 6 heteroatoms. The fraction of sp³-hybridized carbons (Fsp3) is 0.0833.